The molecule has 4 heterocycles. The van der Waals surface area contributed by atoms with E-state index >= 15 is 0 Å². The molecule has 1 fully saturated rings. The molecular weight excluding hydrogens is 383 g/mol. The summed E-state index contributed by atoms with van der Waals surface area (Å²) >= 11 is 0. The third-order valence-electron chi connectivity index (χ3n) is 6.14. The summed E-state index contributed by atoms with van der Waals surface area (Å²) in [6, 6.07) is 4.29. The van der Waals surface area contributed by atoms with Crippen LogP contribution in [-0.4, -0.2) is 39.2 Å². The van der Waals surface area contributed by atoms with E-state index in [-0.39, 0.29) is 30.3 Å². The van der Waals surface area contributed by atoms with Crippen LogP contribution in [0.1, 0.15) is 59.9 Å². The average Bonchev–Trinajstić information content (AvgIpc) is 3.22. The molecule has 7 heteroatoms. The minimum atomic E-state index is -2.55. The maximum atomic E-state index is 13.5. The predicted octanol–water partition coefficient (Wildman–Crippen LogP) is 3.59. The average molecular weight is 415 g/mol. The molecule has 30 heavy (non-hydrogen) atoms. The molecular formula is C23H27FN4O2. The highest BCUT2D eigenvalue weighted by Crippen LogP contribution is 2.32. The lowest BCUT2D eigenvalue weighted by atomic mass is 9.91. The summed E-state index contributed by atoms with van der Waals surface area (Å²) in [5.74, 6) is 0.236. The second-order valence-electron chi connectivity index (χ2n) is 8.11. The van der Waals surface area contributed by atoms with Gasteiger partial charge in [-0.3, -0.25) is 9.36 Å². The molecule has 1 aromatic carbocycles. The van der Waals surface area contributed by atoms with Gasteiger partial charge in [0.15, 0.2) is 5.58 Å². The van der Waals surface area contributed by atoms with Crippen LogP contribution in [0.2, 0.25) is 0 Å². The largest absolute Gasteiger partial charge is 0.356 e. The van der Waals surface area contributed by atoms with Gasteiger partial charge in [-0.15, -0.1) is 0 Å². The van der Waals surface area contributed by atoms with Crippen LogP contribution >= 0.6 is 0 Å². The quantitative estimate of drug-likeness (QED) is 0.653. The van der Waals surface area contributed by atoms with Gasteiger partial charge in [-0.05, 0) is 64.2 Å². The second kappa shape index (κ2) is 7.95. The molecule has 0 amide bonds. The van der Waals surface area contributed by atoms with E-state index in [2.05, 4.69) is 10.1 Å². The van der Waals surface area contributed by atoms with Crippen molar-refractivity contribution >= 4 is 11.0 Å². The third-order valence-corrected chi connectivity index (χ3v) is 6.14. The van der Waals surface area contributed by atoms with Crippen molar-refractivity contribution in [1.29, 1.82) is 0 Å². The van der Waals surface area contributed by atoms with Crippen LogP contribution in [0.15, 0.2) is 27.5 Å². The Hall–Kier alpha value is -2.54. The van der Waals surface area contributed by atoms with Gasteiger partial charge in [-0.2, -0.15) is 0 Å². The second-order valence-corrected chi connectivity index (χ2v) is 8.11. The SMILES string of the molecule is [2H]C([2H])(c1c(C)nc2n(c1=O)CCCC2)C([2H])([2H])N1CCC(c2noc3cc(F)ccc23)CC1. The van der Waals surface area contributed by atoms with Crippen molar-refractivity contribution in [3.8, 4) is 0 Å². The highest BCUT2D eigenvalue weighted by atomic mass is 19.1. The molecule has 1 saturated heterocycles. The highest BCUT2D eigenvalue weighted by Gasteiger charge is 2.25. The Balaban J connectivity index is 1.40. The smallest absolute Gasteiger partial charge is 0.256 e. The Morgan fingerprint density at radius 3 is 2.93 bits per heavy atom. The molecule has 158 valence electrons. The number of aryl methyl sites for hydroxylation is 2. The van der Waals surface area contributed by atoms with Crippen molar-refractivity contribution < 1.29 is 14.4 Å². The van der Waals surface area contributed by atoms with Gasteiger partial charge in [-0.25, -0.2) is 9.37 Å². The Kier molecular flexibility index (Phi) is 4.05. The molecule has 0 aliphatic carbocycles. The first kappa shape index (κ1) is 15.3. The Morgan fingerprint density at radius 1 is 1.27 bits per heavy atom. The number of aromatic nitrogens is 3. The fraction of sp³-hybridized carbons (Fsp3) is 0.522. The van der Waals surface area contributed by atoms with Crippen LogP contribution in [0.3, 0.4) is 0 Å². The summed E-state index contributed by atoms with van der Waals surface area (Å²) in [4.78, 5) is 19.2. The molecule has 0 spiro atoms. The van der Waals surface area contributed by atoms with Gasteiger partial charge in [0.05, 0.1) is 5.69 Å². The molecule has 0 bridgehead atoms. The van der Waals surface area contributed by atoms with Crippen LogP contribution in [0.25, 0.3) is 11.0 Å². The van der Waals surface area contributed by atoms with Crippen LogP contribution in [0.5, 0.6) is 0 Å². The summed E-state index contributed by atoms with van der Waals surface area (Å²) in [5.41, 5.74) is 0.663. The first-order valence-corrected chi connectivity index (χ1v) is 10.5. The molecule has 2 aromatic heterocycles. The van der Waals surface area contributed by atoms with Crippen molar-refractivity contribution in [3.63, 3.8) is 0 Å². The van der Waals surface area contributed by atoms with E-state index in [4.69, 9.17) is 10.0 Å². The fourth-order valence-corrected chi connectivity index (χ4v) is 4.46. The van der Waals surface area contributed by atoms with Crippen molar-refractivity contribution in [2.45, 2.75) is 57.9 Å². The van der Waals surface area contributed by atoms with E-state index in [1.54, 1.807) is 13.0 Å². The Labute approximate surface area is 180 Å². The maximum absolute atomic E-state index is 13.5. The van der Waals surface area contributed by atoms with E-state index in [1.807, 2.05) is 0 Å². The Morgan fingerprint density at radius 2 is 2.10 bits per heavy atom. The molecule has 2 aliphatic rings. The van der Waals surface area contributed by atoms with Crippen molar-refractivity contribution in [2.24, 2.45) is 0 Å². The topological polar surface area (TPSA) is 64.2 Å². The van der Waals surface area contributed by atoms with Gasteiger partial charge in [0, 0.05) is 53.6 Å². The molecule has 6 nitrogen and oxygen atoms in total. The predicted molar refractivity (Wildman–Crippen MR) is 112 cm³/mol. The third kappa shape index (κ3) is 3.55. The van der Waals surface area contributed by atoms with E-state index < -0.39 is 24.2 Å². The summed E-state index contributed by atoms with van der Waals surface area (Å²) in [7, 11) is 0. The highest BCUT2D eigenvalue weighted by molar-refractivity contribution is 5.79. The minimum absolute atomic E-state index is 0.0117. The van der Waals surface area contributed by atoms with E-state index in [1.165, 1.54) is 21.6 Å². The summed E-state index contributed by atoms with van der Waals surface area (Å²) in [6.45, 7) is 0.221. The van der Waals surface area contributed by atoms with Gasteiger partial charge in [0.2, 0.25) is 0 Å². The number of rotatable bonds is 4. The lowest BCUT2D eigenvalue weighted by molar-refractivity contribution is 0.211. The van der Waals surface area contributed by atoms with Crippen LogP contribution < -0.4 is 5.56 Å². The lowest BCUT2D eigenvalue weighted by Crippen LogP contribution is -2.37. The number of halogens is 1. The monoisotopic (exact) mass is 414 g/mol. The van der Waals surface area contributed by atoms with E-state index in [0.717, 1.165) is 18.2 Å². The number of hydrogen-bond donors (Lipinski definition) is 0. The summed E-state index contributed by atoms with van der Waals surface area (Å²) in [5, 5.41) is 4.87. The summed E-state index contributed by atoms with van der Waals surface area (Å²) < 4.78 is 55.3. The molecule has 0 saturated carbocycles. The first-order valence-electron chi connectivity index (χ1n) is 12.5. The Bertz CT molecular complexity index is 1300. The minimum Gasteiger partial charge on any atom is -0.356 e. The van der Waals surface area contributed by atoms with Gasteiger partial charge in [-0.1, -0.05) is 5.16 Å². The van der Waals surface area contributed by atoms with Crippen molar-refractivity contribution in [1.82, 2.24) is 19.6 Å². The van der Waals surface area contributed by atoms with Gasteiger partial charge >= 0.3 is 0 Å². The molecule has 2 aliphatic heterocycles. The van der Waals surface area contributed by atoms with Crippen LogP contribution in [0, 0.1) is 12.7 Å². The van der Waals surface area contributed by atoms with E-state index in [9.17, 15) is 9.18 Å². The molecule has 0 unspecified atom stereocenters. The zero-order valence-electron chi connectivity index (χ0n) is 20.9. The van der Waals surface area contributed by atoms with Crippen LogP contribution in [0.4, 0.5) is 4.39 Å². The summed E-state index contributed by atoms with van der Waals surface area (Å²) in [6.07, 6.45) is 0.951. The lowest BCUT2D eigenvalue weighted by Gasteiger charge is -2.31. The number of likely N-dealkylation sites (tertiary alicyclic amines) is 1. The fourth-order valence-electron chi connectivity index (χ4n) is 4.46. The van der Waals surface area contributed by atoms with Crippen LogP contribution in [-0.2, 0) is 19.3 Å². The van der Waals surface area contributed by atoms with Gasteiger partial charge < -0.3 is 9.42 Å². The molecule has 0 atom stereocenters. The number of fused-ring (bicyclic) bond motifs is 2. The number of benzene rings is 1. The van der Waals surface area contributed by atoms with Gasteiger partial charge in [0.1, 0.15) is 11.6 Å². The normalized spacial score (nSPS) is 21.0. The standard InChI is InChI=1S/C23H27FN4O2/c1-15-18(23(29)28-10-3-2-4-21(28)25-15)9-13-27-11-7-16(8-12-27)22-19-6-5-17(24)14-20(19)30-26-22/h5-6,14,16H,2-4,7-13H2,1H3/i9D2,13D2. The maximum Gasteiger partial charge on any atom is 0.256 e. The first-order chi connectivity index (χ1) is 16.1. The van der Waals surface area contributed by atoms with Crippen molar-refractivity contribution in [3.05, 3.63) is 57.1 Å². The zero-order valence-corrected chi connectivity index (χ0v) is 16.9. The van der Waals surface area contributed by atoms with Crippen molar-refractivity contribution in [2.75, 3.05) is 19.6 Å². The number of hydrogen-bond acceptors (Lipinski definition) is 5. The van der Waals surface area contributed by atoms with E-state index in [0.29, 0.717) is 42.9 Å². The number of piperidine rings is 1. The molecule has 0 radical (unpaired) electrons. The number of nitrogens with zero attached hydrogens (tertiary/aromatic N) is 4. The molecule has 3 aromatic rings. The van der Waals surface area contributed by atoms with Gasteiger partial charge in [0.25, 0.3) is 5.56 Å². The molecule has 0 N–H and O–H groups in total. The zero-order chi connectivity index (χ0) is 24.3. The molecule has 5 rings (SSSR count).